The molecule has 78 valence electrons. The molecule has 4 heteroatoms. The van der Waals surface area contributed by atoms with Gasteiger partial charge in [-0.1, -0.05) is 31.7 Å². The maximum absolute atomic E-state index is 13.3. The first-order valence-electron chi connectivity index (χ1n) is 4.25. The zero-order valence-corrected chi connectivity index (χ0v) is 8.75. The fourth-order valence-electron chi connectivity index (χ4n) is 1.15. The molecule has 0 radical (unpaired) electrons. The lowest BCUT2D eigenvalue weighted by atomic mass is 10.0. The Morgan fingerprint density at radius 3 is 2.29 bits per heavy atom. The second-order valence-corrected chi connectivity index (χ2v) is 4.28. The average Bonchev–Trinajstić information content (AvgIpc) is 2.01. The predicted octanol–water partition coefficient (Wildman–Crippen LogP) is 4.26. The third-order valence-corrected chi connectivity index (χ3v) is 2.52. The number of alkyl halides is 2. The minimum Gasteiger partial charge on any atom is -0.207 e. The summed E-state index contributed by atoms with van der Waals surface area (Å²) in [5.41, 5.74) is 0.559. The minimum atomic E-state index is -2.50. The highest BCUT2D eigenvalue weighted by Crippen LogP contribution is 2.28. The van der Waals surface area contributed by atoms with Crippen molar-refractivity contribution in [1.82, 2.24) is 0 Å². The van der Waals surface area contributed by atoms with Gasteiger partial charge in [0.25, 0.3) is 5.76 Å². The van der Waals surface area contributed by atoms with E-state index >= 15 is 0 Å². The van der Waals surface area contributed by atoms with Crippen molar-refractivity contribution < 1.29 is 13.2 Å². The van der Waals surface area contributed by atoms with E-state index in [0.717, 1.165) is 6.07 Å². The Kier molecular flexibility index (Phi) is 3.86. The van der Waals surface area contributed by atoms with Crippen LogP contribution in [0.4, 0.5) is 13.2 Å². The van der Waals surface area contributed by atoms with E-state index in [1.54, 1.807) is 6.07 Å². The molecule has 0 unspecified atom stereocenters. The number of hydrogen-bond acceptors (Lipinski definition) is 1. The Morgan fingerprint density at radius 2 is 1.86 bits per heavy atom. The van der Waals surface area contributed by atoms with Gasteiger partial charge in [-0.25, -0.2) is 4.39 Å². The van der Waals surface area contributed by atoms with Gasteiger partial charge >= 0.3 is 0 Å². The summed E-state index contributed by atoms with van der Waals surface area (Å²) < 4.78 is 37.2. The van der Waals surface area contributed by atoms with Crippen LogP contribution >= 0.6 is 11.8 Å². The van der Waals surface area contributed by atoms with Crippen molar-refractivity contribution in [2.45, 2.75) is 30.4 Å². The van der Waals surface area contributed by atoms with Gasteiger partial charge in [0.2, 0.25) is 0 Å². The molecule has 0 saturated carbocycles. The molecular weight excluding hydrogens is 209 g/mol. The molecule has 0 spiro atoms. The van der Waals surface area contributed by atoms with E-state index in [-0.39, 0.29) is 10.8 Å². The van der Waals surface area contributed by atoms with Crippen molar-refractivity contribution in [1.29, 1.82) is 0 Å². The quantitative estimate of drug-likeness (QED) is 0.686. The lowest BCUT2D eigenvalue weighted by Gasteiger charge is -2.08. The Balaban J connectivity index is 2.89. The number of halogens is 3. The van der Waals surface area contributed by atoms with Crippen molar-refractivity contribution in [3.8, 4) is 0 Å². The minimum absolute atomic E-state index is 0.0700. The first-order valence-corrected chi connectivity index (χ1v) is 5.13. The van der Waals surface area contributed by atoms with Crippen LogP contribution in [0.25, 0.3) is 0 Å². The highest BCUT2D eigenvalue weighted by molar-refractivity contribution is 7.99. The molecule has 0 saturated heterocycles. The predicted molar refractivity (Wildman–Crippen MR) is 52.4 cm³/mol. The molecule has 1 aromatic rings. The molecule has 0 bridgehead atoms. The molecule has 0 N–H and O–H groups in total. The van der Waals surface area contributed by atoms with Gasteiger partial charge in [-0.2, -0.15) is 8.78 Å². The van der Waals surface area contributed by atoms with Gasteiger partial charge in [0.15, 0.2) is 0 Å². The van der Waals surface area contributed by atoms with Gasteiger partial charge in [-0.3, -0.25) is 0 Å². The summed E-state index contributed by atoms with van der Waals surface area (Å²) in [5, 5.41) is 0. The van der Waals surface area contributed by atoms with Crippen molar-refractivity contribution in [3.05, 3.63) is 29.6 Å². The molecule has 0 heterocycles. The van der Waals surface area contributed by atoms with E-state index in [9.17, 15) is 13.2 Å². The zero-order chi connectivity index (χ0) is 10.7. The fourth-order valence-corrected chi connectivity index (χ4v) is 1.68. The number of hydrogen-bond donors (Lipinski definition) is 0. The fraction of sp³-hybridized carbons (Fsp3) is 0.400. The molecule has 0 amide bonds. The number of rotatable bonds is 3. The van der Waals surface area contributed by atoms with Gasteiger partial charge in [-0.15, -0.1) is 0 Å². The van der Waals surface area contributed by atoms with Crippen LogP contribution in [0.5, 0.6) is 0 Å². The van der Waals surface area contributed by atoms with Gasteiger partial charge in [0.05, 0.1) is 0 Å². The van der Waals surface area contributed by atoms with E-state index in [4.69, 9.17) is 0 Å². The summed E-state index contributed by atoms with van der Waals surface area (Å²) in [5.74, 6) is -2.84. The smallest absolute Gasteiger partial charge is 0.207 e. The van der Waals surface area contributed by atoms with Crippen LogP contribution in [0.1, 0.15) is 25.3 Å². The molecule has 0 fully saturated rings. The number of thioether (sulfide) groups is 1. The van der Waals surface area contributed by atoms with Gasteiger partial charge in [0.1, 0.15) is 5.82 Å². The standard InChI is InChI=1S/C10H11F3S/c1-6(2)8-4-3-7(5-9(8)11)14-10(12)13/h3-6,10H,1-2H3. The van der Waals surface area contributed by atoms with Gasteiger partial charge < -0.3 is 0 Å². The Bertz CT molecular complexity index is 310. The van der Waals surface area contributed by atoms with Crippen molar-refractivity contribution >= 4 is 11.8 Å². The van der Waals surface area contributed by atoms with Crippen molar-refractivity contribution in [2.75, 3.05) is 0 Å². The van der Waals surface area contributed by atoms with Crippen LogP contribution in [-0.4, -0.2) is 5.76 Å². The molecule has 0 aliphatic rings. The topological polar surface area (TPSA) is 0 Å². The first kappa shape index (κ1) is 11.4. The highest BCUT2D eigenvalue weighted by atomic mass is 32.2. The third kappa shape index (κ3) is 2.94. The molecule has 1 rings (SSSR count). The molecule has 0 aromatic heterocycles. The summed E-state index contributed by atoms with van der Waals surface area (Å²) in [7, 11) is 0. The van der Waals surface area contributed by atoms with E-state index in [1.165, 1.54) is 6.07 Å². The lowest BCUT2D eigenvalue weighted by molar-refractivity contribution is 0.252. The molecule has 0 aliphatic heterocycles. The summed E-state index contributed by atoms with van der Waals surface area (Å²) in [6.45, 7) is 3.72. The maximum Gasteiger partial charge on any atom is 0.288 e. The zero-order valence-electron chi connectivity index (χ0n) is 7.93. The lowest BCUT2D eigenvalue weighted by Crippen LogP contribution is -1.93. The molecular formula is C10H11F3S. The van der Waals surface area contributed by atoms with Gasteiger partial charge in [0, 0.05) is 4.90 Å². The Morgan fingerprint density at radius 1 is 1.21 bits per heavy atom. The number of benzene rings is 1. The highest BCUT2D eigenvalue weighted by Gasteiger charge is 2.10. The van der Waals surface area contributed by atoms with Crippen LogP contribution in [-0.2, 0) is 0 Å². The average molecular weight is 220 g/mol. The molecule has 1 aromatic carbocycles. The summed E-state index contributed by atoms with van der Waals surface area (Å²) in [6, 6.07) is 4.24. The summed E-state index contributed by atoms with van der Waals surface area (Å²) >= 11 is 0.360. The third-order valence-electron chi connectivity index (χ3n) is 1.82. The van der Waals surface area contributed by atoms with Crippen LogP contribution in [0.2, 0.25) is 0 Å². The molecule has 0 nitrogen and oxygen atoms in total. The SMILES string of the molecule is CC(C)c1ccc(SC(F)F)cc1F. The normalized spacial score (nSPS) is 11.4. The van der Waals surface area contributed by atoms with Crippen LogP contribution in [0.15, 0.2) is 23.1 Å². The molecule has 14 heavy (non-hydrogen) atoms. The monoisotopic (exact) mass is 220 g/mol. The van der Waals surface area contributed by atoms with Crippen LogP contribution in [0.3, 0.4) is 0 Å². The van der Waals surface area contributed by atoms with Crippen molar-refractivity contribution in [3.63, 3.8) is 0 Å². The second-order valence-electron chi connectivity index (χ2n) is 3.22. The molecule has 0 atom stereocenters. The summed E-state index contributed by atoms with van der Waals surface area (Å²) in [6.07, 6.45) is 0. The van der Waals surface area contributed by atoms with Gasteiger partial charge in [-0.05, 0) is 23.6 Å². The van der Waals surface area contributed by atoms with E-state index in [1.807, 2.05) is 13.8 Å². The van der Waals surface area contributed by atoms with Crippen molar-refractivity contribution in [2.24, 2.45) is 0 Å². The van der Waals surface area contributed by atoms with Crippen LogP contribution in [0, 0.1) is 5.82 Å². The Hall–Kier alpha value is -0.640. The largest absolute Gasteiger partial charge is 0.288 e. The van der Waals surface area contributed by atoms with E-state index in [2.05, 4.69) is 0 Å². The van der Waals surface area contributed by atoms with Crippen LogP contribution < -0.4 is 0 Å². The van der Waals surface area contributed by atoms with E-state index in [0.29, 0.717) is 17.3 Å². The second kappa shape index (κ2) is 4.73. The summed E-state index contributed by atoms with van der Waals surface area (Å²) in [4.78, 5) is 0.266. The van der Waals surface area contributed by atoms with E-state index < -0.39 is 11.6 Å². The Labute approximate surface area is 85.5 Å². The maximum atomic E-state index is 13.3. The first-order chi connectivity index (χ1) is 6.50. The molecule has 0 aliphatic carbocycles.